The van der Waals surface area contributed by atoms with Crippen LogP contribution >= 0.6 is 42.4 Å². The molecule has 23 heavy (non-hydrogen) atoms. The topological polar surface area (TPSA) is 95.4 Å². The molecule has 0 spiro atoms. The largest absolute Gasteiger partial charge is 0.335 e. The van der Waals surface area contributed by atoms with E-state index in [0.29, 0.717) is 0 Å². The Morgan fingerprint density at radius 1 is 1.22 bits per heavy atom. The van der Waals surface area contributed by atoms with Crippen LogP contribution in [0.1, 0.15) is 0 Å². The van der Waals surface area contributed by atoms with Crippen LogP contribution in [0.15, 0.2) is 12.7 Å². The van der Waals surface area contributed by atoms with E-state index in [1.807, 2.05) is 0 Å². The van der Waals surface area contributed by atoms with E-state index in [1.54, 1.807) is 28.2 Å². The number of carbonyl (C=O) groups is 1. The van der Waals surface area contributed by atoms with Crippen LogP contribution in [-0.4, -0.2) is 68.2 Å². The number of hydrogen-bond acceptors (Lipinski definition) is 4. The molecule has 0 aromatic carbocycles. The molecule has 1 aromatic rings. The second-order valence-electron chi connectivity index (χ2n) is 5.04. The second kappa shape index (κ2) is 8.11. The molecule has 2 N–H and O–H groups in total. The van der Waals surface area contributed by atoms with Gasteiger partial charge in [0.2, 0.25) is 9.70 Å². The SMILES string of the molecule is CN(C)P(=O)(NC(NC(=O)Cn1cnnc1)C(Cl)(Cl)Cl)N(C)C. The molecule has 13 heteroatoms. The lowest BCUT2D eigenvalue weighted by Crippen LogP contribution is -2.55. The van der Waals surface area contributed by atoms with Crippen LogP contribution in [0, 0.1) is 0 Å². The summed E-state index contributed by atoms with van der Waals surface area (Å²) in [5.74, 6) is -0.460. The van der Waals surface area contributed by atoms with Crippen molar-refractivity contribution < 1.29 is 9.36 Å². The molecule has 0 aliphatic carbocycles. The zero-order valence-electron chi connectivity index (χ0n) is 13.1. The summed E-state index contributed by atoms with van der Waals surface area (Å²) < 4.78 is 15.4. The fourth-order valence-corrected chi connectivity index (χ4v) is 3.95. The summed E-state index contributed by atoms with van der Waals surface area (Å²) >= 11 is 17.7. The molecule has 132 valence electrons. The van der Waals surface area contributed by atoms with Gasteiger partial charge in [0.05, 0.1) is 0 Å². The third-order valence-corrected chi connectivity index (χ3v) is 6.22. The fourth-order valence-electron chi connectivity index (χ4n) is 1.62. The molecule has 0 saturated carbocycles. The molecule has 1 rings (SSSR count). The molecular formula is C10H19Cl3N7O2P. The number of hydrogen-bond donors (Lipinski definition) is 2. The van der Waals surface area contributed by atoms with Crippen molar-refractivity contribution in [1.29, 1.82) is 0 Å². The summed E-state index contributed by atoms with van der Waals surface area (Å²) in [6.45, 7) is -0.0693. The first-order valence-corrected chi connectivity index (χ1v) is 9.13. The summed E-state index contributed by atoms with van der Waals surface area (Å²) in [7, 11) is 3.23. The highest BCUT2D eigenvalue weighted by atomic mass is 35.6. The number of carbonyl (C=O) groups excluding carboxylic acids is 1. The van der Waals surface area contributed by atoms with E-state index in [4.69, 9.17) is 34.8 Å². The molecule has 1 atom stereocenters. The number of alkyl halides is 3. The number of halogens is 3. The quantitative estimate of drug-likeness (QED) is 0.395. The van der Waals surface area contributed by atoms with Gasteiger partial charge in [0, 0.05) is 0 Å². The molecule has 9 nitrogen and oxygen atoms in total. The third-order valence-electron chi connectivity index (χ3n) is 2.81. The number of aromatic nitrogens is 3. The van der Waals surface area contributed by atoms with Gasteiger partial charge in [0.1, 0.15) is 25.4 Å². The first-order chi connectivity index (χ1) is 10.5. The predicted molar refractivity (Wildman–Crippen MR) is 90.4 cm³/mol. The average Bonchev–Trinajstić information content (AvgIpc) is 2.88. The van der Waals surface area contributed by atoms with E-state index in [9.17, 15) is 9.36 Å². The molecule has 0 fully saturated rings. The average molecular weight is 407 g/mol. The van der Waals surface area contributed by atoms with Crippen LogP contribution in [-0.2, 0) is 15.9 Å². The van der Waals surface area contributed by atoms with Crippen molar-refractivity contribution in [1.82, 2.24) is 34.5 Å². The summed E-state index contributed by atoms with van der Waals surface area (Å²) in [6.07, 6.45) is 1.58. The Morgan fingerprint density at radius 2 is 1.70 bits per heavy atom. The van der Waals surface area contributed by atoms with Crippen molar-refractivity contribution in [3.8, 4) is 0 Å². The van der Waals surface area contributed by atoms with Gasteiger partial charge in [-0.3, -0.25) is 9.36 Å². The van der Waals surface area contributed by atoms with Gasteiger partial charge in [0.25, 0.3) is 7.59 Å². The number of nitrogens with zero attached hydrogens (tertiary/aromatic N) is 5. The first kappa shape index (κ1) is 20.6. The van der Waals surface area contributed by atoms with Crippen LogP contribution < -0.4 is 10.4 Å². The van der Waals surface area contributed by atoms with Gasteiger partial charge in [-0.2, -0.15) is 0 Å². The molecule has 0 aliphatic rings. The Labute approximate surface area is 149 Å². The lowest BCUT2D eigenvalue weighted by Gasteiger charge is -2.36. The maximum absolute atomic E-state index is 13.0. The normalized spacial score (nSPS) is 14.3. The zero-order valence-corrected chi connectivity index (χ0v) is 16.2. The maximum Gasteiger partial charge on any atom is 0.285 e. The Morgan fingerprint density at radius 3 is 2.09 bits per heavy atom. The van der Waals surface area contributed by atoms with E-state index in [2.05, 4.69) is 20.6 Å². The first-order valence-electron chi connectivity index (χ1n) is 6.38. The van der Waals surface area contributed by atoms with E-state index in [1.165, 1.54) is 26.6 Å². The van der Waals surface area contributed by atoms with Crippen LogP contribution in [0.5, 0.6) is 0 Å². The lowest BCUT2D eigenvalue weighted by atomic mass is 10.5. The highest BCUT2D eigenvalue weighted by Gasteiger charge is 2.41. The molecule has 0 aliphatic heterocycles. The van der Waals surface area contributed by atoms with E-state index in [-0.39, 0.29) is 6.54 Å². The Hall–Kier alpha value is -0.410. The van der Waals surface area contributed by atoms with Crippen LogP contribution in [0.3, 0.4) is 0 Å². The van der Waals surface area contributed by atoms with Gasteiger partial charge < -0.3 is 9.88 Å². The minimum absolute atomic E-state index is 0.0693. The molecule has 1 heterocycles. The van der Waals surface area contributed by atoms with Gasteiger partial charge in [-0.25, -0.2) is 14.4 Å². The van der Waals surface area contributed by atoms with Crippen molar-refractivity contribution in [2.75, 3.05) is 28.2 Å². The highest BCUT2D eigenvalue weighted by molar-refractivity contribution is 7.56. The molecule has 0 bridgehead atoms. The molecule has 0 saturated heterocycles. The van der Waals surface area contributed by atoms with E-state index >= 15 is 0 Å². The van der Waals surface area contributed by atoms with Gasteiger partial charge in [-0.05, 0) is 28.2 Å². The minimum atomic E-state index is -3.23. The van der Waals surface area contributed by atoms with Crippen molar-refractivity contribution in [2.24, 2.45) is 0 Å². The smallest absolute Gasteiger partial charge is 0.285 e. The maximum atomic E-state index is 13.0. The highest BCUT2D eigenvalue weighted by Crippen LogP contribution is 2.47. The van der Waals surface area contributed by atoms with Crippen molar-refractivity contribution in [3.63, 3.8) is 0 Å². The second-order valence-corrected chi connectivity index (χ2v) is 10.4. The minimum Gasteiger partial charge on any atom is -0.335 e. The standard InChI is InChI=1S/C10H19Cl3N7O2P/c1-18(2)23(22,19(3)4)17-9(10(11,12)13)16-8(21)5-20-6-14-15-7-20/h6-7,9H,5H2,1-4H3,(H,16,21)(H,17,22). The van der Waals surface area contributed by atoms with Gasteiger partial charge in [-0.15, -0.1) is 10.2 Å². The Kier molecular flexibility index (Phi) is 7.28. The lowest BCUT2D eigenvalue weighted by molar-refractivity contribution is -0.122. The summed E-state index contributed by atoms with van der Waals surface area (Å²) in [4.78, 5) is 12.1. The third kappa shape index (κ3) is 5.86. The van der Waals surface area contributed by atoms with Crippen LogP contribution in [0.2, 0.25) is 0 Å². The van der Waals surface area contributed by atoms with E-state index in [0.717, 1.165) is 0 Å². The Balaban J connectivity index is 2.89. The molecule has 0 radical (unpaired) electrons. The monoisotopic (exact) mass is 405 g/mol. The van der Waals surface area contributed by atoms with Gasteiger partial charge >= 0.3 is 0 Å². The van der Waals surface area contributed by atoms with Crippen LogP contribution in [0.25, 0.3) is 0 Å². The Bertz CT molecular complexity index is 549. The zero-order chi connectivity index (χ0) is 17.8. The summed E-state index contributed by atoms with van der Waals surface area (Å²) in [5, 5.41) is 12.4. The van der Waals surface area contributed by atoms with Gasteiger partial charge in [0.15, 0.2) is 0 Å². The van der Waals surface area contributed by atoms with Crippen molar-refractivity contribution >= 4 is 48.3 Å². The number of rotatable bonds is 7. The van der Waals surface area contributed by atoms with Crippen molar-refractivity contribution in [2.45, 2.75) is 16.5 Å². The fraction of sp³-hybridized carbons (Fsp3) is 0.700. The van der Waals surface area contributed by atoms with Crippen molar-refractivity contribution in [3.05, 3.63) is 12.7 Å². The number of nitrogens with one attached hydrogen (secondary N) is 2. The summed E-state index contributed by atoms with van der Waals surface area (Å²) in [5.41, 5.74) is 0. The molecule has 1 amide bonds. The molecular weight excluding hydrogens is 387 g/mol. The molecule has 1 aromatic heterocycles. The van der Waals surface area contributed by atoms with E-state index < -0.39 is 23.5 Å². The molecule has 1 unspecified atom stereocenters. The van der Waals surface area contributed by atoms with Crippen LogP contribution in [0.4, 0.5) is 0 Å². The van der Waals surface area contributed by atoms with Gasteiger partial charge in [-0.1, -0.05) is 34.8 Å². The number of amides is 1. The summed E-state index contributed by atoms with van der Waals surface area (Å²) in [6, 6.07) is 0. The predicted octanol–water partition coefficient (Wildman–Crippen LogP) is 0.912.